The lowest BCUT2D eigenvalue weighted by Gasteiger charge is -2.10. The molecule has 206 valence electrons. The fraction of sp³-hybridized carbons (Fsp3) is 0.121. The van der Waals surface area contributed by atoms with Crippen LogP contribution in [-0.4, -0.2) is 30.1 Å². The smallest absolute Gasteiger partial charge is 0.341 e. The van der Waals surface area contributed by atoms with Crippen LogP contribution >= 0.6 is 23.1 Å². The van der Waals surface area contributed by atoms with Crippen molar-refractivity contribution >= 4 is 62.3 Å². The van der Waals surface area contributed by atoms with Crippen molar-refractivity contribution in [1.82, 2.24) is 0 Å². The molecule has 5 aromatic rings. The first-order valence-electron chi connectivity index (χ1n) is 13.1. The van der Waals surface area contributed by atoms with Gasteiger partial charge in [0, 0.05) is 27.1 Å². The first-order chi connectivity index (χ1) is 19.9. The minimum atomic E-state index is -0.470. The van der Waals surface area contributed by atoms with Crippen LogP contribution in [0.3, 0.4) is 0 Å². The molecule has 0 aliphatic rings. The van der Waals surface area contributed by atoms with Crippen LogP contribution < -0.4 is 10.6 Å². The van der Waals surface area contributed by atoms with Gasteiger partial charge in [0.2, 0.25) is 5.91 Å². The van der Waals surface area contributed by atoms with E-state index in [1.54, 1.807) is 13.0 Å². The highest BCUT2D eigenvalue weighted by Gasteiger charge is 2.23. The fourth-order valence-corrected chi connectivity index (χ4v) is 6.04. The predicted octanol–water partition coefficient (Wildman–Crippen LogP) is 8.04. The van der Waals surface area contributed by atoms with E-state index in [2.05, 4.69) is 10.6 Å². The summed E-state index contributed by atoms with van der Waals surface area (Å²) in [6.07, 6.45) is 0. The second kappa shape index (κ2) is 12.8. The third-order valence-electron chi connectivity index (χ3n) is 6.36. The predicted molar refractivity (Wildman–Crippen MR) is 168 cm³/mol. The second-order valence-corrected chi connectivity index (χ2v) is 11.2. The monoisotopic (exact) mass is 580 g/mol. The van der Waals surface area contributed by atoms with Crippen molar-refractivity contribution < 1.29 is 19.1 Å². The van der Waals surface area contributed by atoms with Crippen molar-refractivity contribution in [2.75, 3.05) is 23.0 Å². The maximum absolute atomic E-state index is 12.9. The summed E-state index contributed by atoms with van der Waals surface area (Å²) in [6.45, 7) is 3.99. The van der Waals surface area contributed by atoms with E-state index >= 15 is 0 Å². The molecule has 0 radical (unpaired) electrons. The molecule has 2 N–H and O–H groups in total. The molecule has 1 aromatic heterocycles. The number of aryl methyl sites for hydroxylation is 1. The van der Waals surface area contributed by atoms with Crippen LogP contribution in [0.15, 0.2) is 101 Å². The van der Waals surface area contributed by atoms with Gasteiger partial charge in [-0.15, -0.1) is 23.1 Å². The summed E-state index contributed by atoms with van der Waals surface area (Å²) in [5.74, 6) is -0.794. The van der Waals surface area contributed by atoms with Crippen LogP contribution in [0.1, 0.15) is 33.2 Å². The third kappa shape index (κ3) is 6.85. The maximum atomic E-state index is 12.9. The van der Waals surface area contributed by atoms with E-state index in [1.807, 2.05) is 97.2 Å². The standard InChI is InChI=1S/C33H28N2O4S2/c1-3-39-33(38)30-28(23-13-11-21(2)12-14-23)19-41-32(30)35-29(36)20-40-27-10-6-9-26(18-27)34-31(37)25-16-15-22-7-4-5-8-24(22)17-25/h4-19H,3,20H2,1-2H3,(H,34,37)(H,35,36). The van der Waals surface area contributed by atoms with Crippen LogP contribution in [0.2, 0.25) is 0 Å². The molecular formula is C33H28N2O4S2. The number of anilines is 2. The number of fused-ring (bicyclic) bond motifs is 1. The first kappa shape index (κ1) is 28.1. The minimum Gasteiger partial charge on any atom is -0.462 e. The molecule has 0 aliphatic heterocycles. The molecule has 41 heavy (non-hydrogen) atoms. The van der Waals surface area contributed by atoms with E-state index in [4.69, 9.17) is 4.74 Å². The van der Waals surface area contributed by atoms with Crippen LogP contribution in [-0.2, 0) is 9.53 Å². The van der Waals surface area contributed by atoms with Gasteiger partial charge in [0.25, 0.3) is 5.91 Å². The van der Waals surface area contributed by atoms with E-state index < -0.39 is 5.97 Å². The van der Waals surface area contributed by atoms with Crippen molar-refractivity contribution in [3.05, 3.63) is 113 Å². The largest absolute Gasteiger partial charge is 0.462 e. The van der Waals surface area contributed by atoms with Gasteiger partial charge in [0.15, 0.2) is 0 Å². The van der Waals surface area contributed by atoms with Crippen LogP contribution in [0.5, 0.6) is 0 Å². The zero-order valence-corrected chi connectivity index (χ0v) is 24.2. The number of ether oxygens (including phenoxy) is 1. The van der Waals surface area contributed by atoms with Gasteiger partial charge in [-0.1, -0.05) is 66.2 Å². The summed E-state index contributed by atoms with van der Waals surface area (Å²) in [5, 5.41) is 10.2. The van der Waals surface area contributed by atoms with Crippen LogP contribution in [0.25, 0.3) is 21.9 Å². The number of amides is 2. The van der Waals surface area contributed by atoms with Gasteiger partial charge in [0.1, 0.15) is 10.6 Å². The number of hydrogen-bond donors (Lipinski definition) is 2. The number of rotatable bonds is 9. The Bertz CT molecular complexity index is 1730. The molecule has 0 unspecified atom stereocenters. The number of nitrogens with one attached hydrogen (secondary N) is 2. The van der Waals surface area contributed by atoms with E-state index in [9.17, 15) is 14.4 Å². The number of benzene rings is 4. The number of thiophene rings is 1. The molecule has 0 atom stereocenters. The van der Waals surface area contributed by atoms with Crippen molar-refractivity contribution in [1.29, 1.82) is 0 Å². The van der Waals surface area contributed by atoms with E-state index in [1.165, 1.54) is 23.1 Å². The molecule has 6 nitrogen and oxygen atoms in total. The van der Waals surface area contributed by atoms with Gasteiger partial charge in [0.05, 0.1) is 12.4 Å². The Morgan fingerprint density at radius 2 is 1.63 bits per heavy atom. The molecule has 0 fully saturated rings. The van der Waals surface area contributed by atoms with Crippen LogP contribution in [0.4, 0.5) is 10.7 Å². The number of hydrogen-bond acceptors (Lipinski definition) is 6. The fourth-order valence-electron chi connectivity index (χ4n) is 4.31. The first-order valence-corrected chi connectivity index (χ1v) is 15.0. The molecule has 0 saturated carbocycles. The number of carbonyl (C=O) groups is 3. The molecule has 4 aromatic carbocycles. The lowest BCUT2D eigenvalue weighted by Crippen LogP contribution is -2.16. The highest BCUT2D eigenvalue weighted by molar-refractivity contribution is 8.00. The maximum Gasteiger partial charge on any atom is 0.341 e. The van der Waals surface area contributed by atoms with Gasteiger partial charge >= 0.3 is 5.97 Å². The molecule has 2 amide bonds. The van der Waals surface area contributed by atoms with E-state index in [0.717, 1.165) is 32.4 Å². The van der Waals surface area contributed by atoms with Gasteiger partial charge in [-0.05, 0) is 60.5 Å². The molecule has 0 aliphatic carbocycles. The highest BCUT2D eigenvalue weighted by Crippen LogP contribution is 2.36. The second-order valence-electron chi connectivity index (χ2n) is 9.32. The average Bonchev–Trinajstić information content (AvgIpc) is 3.40. The zero-order valence-electron chi connectivity index (χ0n) is 22.6. The number of carbonyl (C=O) groups excluding carboxylic acids is 3. The van der Waals surface area contributed by atoms with Crippen molar-refractivity contribution in [2.24, 2.45) is 0 Å². The molecule has 0 bridgehead atoms. The zero-order chi connectivity index (χ0) is 28.8. The molecular weight excluding hydrogens is 553 g/mol. The summed E-state index contributed by atoms with van der Waals surface area (Å²) in [6, 6.07) is 28.7. The topological polar surface area (TPSA) is 84.5 Å². The summed E-state index contributed by atoms with van der Waals surface area (Å²) in [5.41, 5.74) is 4.29. The lowest BCUT2D eigenvalue weighted by atomic mass is 10.0. The Morgan fingerprint density at radius 1 is 0.854 bits per heavy atom. The quantitative estimate of drug-likeness (QED) is 0.136. The molecule has 1 heterocycles. The summed E-state index contributed by atoms with van der Waals surface area (Å²) in [7, 11) is 0. The van der Waals surface area contributed by atoms with Crippen molar-refractivity contribution in [3.8, 4) is 11.1 Å². The number of esters is 1. The molecule has 0 saturated heterocycles. The lowest BCUT2D eigenvalue weighted by molar-refractivity contribution is -0.113. The summed E-state index contributed by atoms with van der Waals surface area (Å²) in [4.78, 5) is 39.5. The van der Waals surface area contributed by atoms with Gasteiger partial charge in [-0.2, -0.15) is 0 Å². The van der Waals surface area contributed by atoms with E-state index in [-0.39, 0.29) is 24.2 Å². The Hall–Kier alpha value is -4.40. The Labute approximate surface area is 246 Å². The summed E-state index contributed by atoms with van der Waals surface area (Å²) < 4.78 is 5.30. The highest BCUT2D eigenvalue weighted by atomic mass is 32.2. The van der Waals surface area contributed by atoms with Gasteiger partial charge in [-0.25, -0.2) is 4.79 Å². The summed E-state index contributed by atoms with van der Waals surface area (Å²) >= 11 is 2.64. The third-order valence-corrected chi connectivity index (χ3v) is 8.25. The molecule has 5 rings (SSSR count). The van der Waals surface area contributed by atoms with E-state index in [0.29, 0.717) is 21.8 Å². The molecule has 0 spiro atoms. The van der Waals surface area contributed by atoms with Gasteiger partial charge < -0.3 is 15.4 Å². The Kier molecular flexibility index (Phi) is 8.82. The van der Waals surface area contributed by atoms with Crippen LogP contribution in [0, 0.1) is 6.92 Å². The van der Waals surface area contributed by atoms with Crippen molar-refractivity contribution in [2.45, 2.75) is 18.7 Å². The Morgan fingerprint density at radius 3 is 2.41 bits per heavy atom. The normalized spacial score (nSPS) is 10.8. The average molecular weight is 581 g/mol. The number of thioether (sulfide) groups is 1. The minimum absolute atomic E-state index is 0.127. The van der Waals surface area contributed by atoms with Crippen molar-refractivity contribution in [3.63, 3.8) is 0 Å². The SMILES string of the molecule is CCOC(=O)c1c(-c2ccc(C)cc2)csc1NC(=O)CSc1cccc(NC(=O)c2ccc3ccccc3c2)c1. The van der Waals surface area contributed by atoms with Gasteiger partial charge in [-0.3, -0.25) is 9.59 Å². The Balaban J connectivity index is 1.24. The molecule has 8 heteroatoms.